The quantitative estimate of drug-likeness (QED) is 0.399. The van der Waals surface area contributed by atoms with Crippen LogP contribution in [0.2, 0.25) is 0 Å². The molecule has 11 heteroatoms. The number of rotatable bonds is 8. The number of aromatic nitrogens is 1. The SMILES string of the molecule is CCOC(=O)c1c(OCc2ccccc2)c2n(c1C(=O)CN1CCCCS1(=O)=O)CCN(C)C2=O. The Bertz CT molecular complexity index is 1240. The van der Waals surface area contributed by atoms with E-state index in [2.05, 4.69) is 0 Å². The number of hydrogen-bond donors (Lipinski definition) is 0. The van der Waals surface area contributed by atoms with E-state index in [1.165, 1.54) is 9.47 Å². The van der Waals surface area contributed by atoms with Gasteiger partial charge in [-0.3, -0.25) is 9.59 Å². The summed E-state index contributed by atoms with van der Waals surface area (Å²) in [6, 6.07) is 9.22. The molecule has 2 aliphatic rings. The standard InChI is InChI=1S/C24H29N3O7S/c1-3-33-24(30)19-20(18(28)15-26-11-7-8-14-35(26,31)32)27-13-12-25(2)23(29)21(27)22(19)34-16-17-9-5-4-6-10-17/h4-6,9-10H,3,7-8,11-16H2,1-2H3. The first kappa shape index (κ1) is 24.9. The molecule has 35 heavy (non-hydrogen) atoms. The summed E-state index contributed by atoms with van der Waals surface area (Å²) in [7, 11) is -1.94. The lowest BCUT2D eigenvalue weighted by Gasteiger charge is -2.27. The fraction of sp³-hybridized carbons (Fsp3) is 0.458. The van der Waals surface area contributed by atoms with Gasteiger partial charge in [-0.15, -0.1) is 0 Å². The van der Waals surface area contributed by atoms with Crippen LogP contribution < -0.4 is 4.74 Å². The monoisotopic (exact) mass is 503 g/mol. The van der Waals surface area contributed by atoms with Gasteiger partial charge in [0, 0.05) is 26.7 Å². The van der Waals surface area contributed by atoms with Crippen LogP contribution in [-0.4, -0.2) is 78.9 Å². The van der Waals surface area contributed by atoms with E-state index >= 15 is 0 Å². The molecule has 0 aliphatic carbocycles. The van der Waals surface area contributed by atoms with Crippen LogP contribution in [0.5, 0.6) is 5.75 Å². The summed E-state index contributed by atoms with van der Waals surface area (Å²) < 4.78 is 38.9. The van der Waals surface area contributed by atoms with Crippen LogP contribution in [0, 0.1) is 0 Å². The minimum absolute atomic E-state index is 0.0197. The Morgan fingerprint density at radius 1 is 1.06 bits per heavy atom. The highest BCUT2D eigenvalue weighted by Crippen LogP contribution is 2.36. The molecule has 1 aromatic heterocycles. The number of fused-ring (bicyclic) bond motifs is 1. The van der Waals surface area contributed by atoms with Crippen molar-refractivity contribution < 1.29 is 32.3 Å². The maximum atomic E-state index is 13.6. The van der Waals surface area contributed by atoms with Crippen molar-refractivity contribution in [2.45, 2.75) is 32.9 Å². The fourth-order valence-electron chi connectivity index (χ4n) is 4.37. The fourth-order valence-corrected chi connectivity index (χ4v) is 5.92. The first-order chi connectivity index (χ1) is 16.7. The third-order valence-electron chi connectivity index (χ3n) is 6.17. The summed E-state index contributed by atoms with van der Waals surface area (Å²) in [4.78, 5) is 41.3. The average molecular weight is 504 g/mol. The molecule has 1 aromatic carbocycles. The molecule has 0 spiro atoms. The van der Waals surface area contributed by atoms with Gasteiger partial charge in [0.05, 0.1) is 18.9 Å². The molecule has 10 nitrogen and oxygen atoms in total. The number of esters is 1. The Balaban J connectivity index is 1.81. The summed E-state index contributed by atoms with van der Waals surface area (Å²) in [5.41, 5.74) is 0.707. The molecule has 0 N–H and O–H groups in total. The van der Waals surface area contributed by atoms with Gasteiger partial charge in [0.15, 0.2) is 17.2 Å². The molecular formula is C24H29N3O7S. The van der Waals surface area contributed by atoms with Crippen LogP contribution in [0.1, 0.15) is 56.7 Å². The number of sulfonamides is 1. The Morgan fingerprint density at radius 3 is 2.49 bits per heavy atom. The first-order valence-corrected chi connectivity index (χ1v) is 13.2. The number of ketones is 1. The largest absolute Gasteiger partial charge is 0.485 e. The topological polar surface area (TPSA) is 115 Å². The van der Waals surface area contributed by atoms with Crippen molar-refractivity contribution in [2.75, 3.05) is 39.0 Å². The number of Topliss-reactive ketones (excluding diaryl/α,β-unsaturated/α-hetero) is 1. The third kappa shape index (κ3) is 4.96. The van der Waals surface area contributed by atoms with Gasteiger partial charge >= 0.3 is 5.97 Å². The van der Waals surface area contributed by atoms with Gasteiger partial charge in [0.1, 0.15) is 17.9 Å². The Hall–Kier alpha value is -3.18. The molecule has 3 heterocycles. The van der Waals surface area contributed by atoms with E-state index in [1.807, 2.05) is 30.3 Å². The minimum atomic E-state index is -3.57. The molecule has 0 saturated carbocycles. The normalized spacial score (nSPS) is 17.7. The maximum absolute atomic E-state index is 13.6. The number of carbonyl (C=O) groups is 3. The predicted octanol–water partition coefficient (Wildman–Crippen LogP) is 1.94. The minimum Gasteiger partial charge on any atom is -0.485 e. The molecule has 2 aromatic rings. The Kier molecular flexibility index (Phi) is 7.27. The Labute approximate surface area is 204 Å². The highest BCUT2D eigenvalue weighted by atomic mass is 32.2. The van der Waals surface area contributed by atoms with Gasteiger partial charge in [-0.2, -0.15) is 4.31 Å². The molecule has 1 amide bonds. The summed E-state index contributed by atoms with van der Waals surface area (Å²) in [5, 5.41) is 0. The van der Waals surface area contributed by atoms with Gasteiger partial charge < -0.3 is 18.9 Å². The van der Waals surface area contributed by atoms with Gasteiger partial charge in [0.2, 0.25) is 10.0 Å². The third-order valence-corrected chi connectivity index (χ3v) is 8.07. The molecular weight excluding hydrogens is 474 g/mol. The van der Waals surface area contributed by atoms with E-state index in [1.54, 1.807) is 14.0 Å². The molecule has 2 aliphatic heterocycles. The lowest BCUT2D eigenvalue weighted by Crippen LogP contribution is -2.42. The van der Waals surface area contributed by atoms with Crippen molar-refractivity contribution in [3.63, 3.8) is 0 Å². The average Bonchev–Trinajstić information content (AvgIpc) is 3.17. The molecule has 188 valence electrons. The van der Waals surface area contributed by atoms with Gasteiger partial charge in [-0.25, -0.2) is 13.2 Å². The number of hydrogen-bond acceptors (Lipinski definition) is 7. The highest BCUT2D eigenvalue weighted by molar-refractivity contribution is 7.89. The second-order valence-electron chi connectivity index (χ2n) is 8.55. The van der Waals surface area contributed by atoms with Crippen LogP contribution in [-0.2, 0) is 27.9 Å². The van der Waals surface area contributed by atoms with Crippen LogP contribution >= 0.6 is 0 Å². The molecule has 0 bridgehead atoms. The maximum Gasteiger partial charge on any atom is 0.344 e. The van der Waals surface area contributed by atoms with E-state index < -0.39 is 34.2 Å². The van der Waals surface area contributed by atoms with E-state index in [4.69, 9.17) is 9.47 Å². The number of amides is 1. The lowest BCUT2D eigenvalue weighted by atomic mass is 10.1. The van der Waals surface area contributed by atoms with Crippen LogP contribution in [0.4, 0.5) is 0 Å². The Morgan fingerprint density at radius 2 is 1.80 bits per heavy atom. The number of likely N-dealkylation sites (N-methyl/N-ethyl adjacent to an activating group) is 1. The van der Waals surface area contributed by atoms with Crippen LogP contribution in [0.25, 0.3) is 0 Å². The first-order valence-electron chi connectivity index (χ1n) is 11.6. The highest BCUT2D eigenvalue weighted by Gasteiger charge is 2.40. The molecule has 0 atom stereocenters. The van der Waals surface area contributed by atoms with E-state index in [9.17, 15) is 22.8 Å². The summed E-state index contributed by atoms with van der Waals surface area (Å²) in [5.74, 6) is -1.81. The van der Waals surface area contributed by atoms with Crippen molar-refractivity contribution in [1.29, 1.82) is 0 Å². The molecule has 1 fully saturated rings. The molecule has 0 unspecified atom stereocenters. The summed E-state index contributed by atoms with van der Waals surface area (Å²) in [6.45, 7) is 2.15. The zero-order valence-corrected chi connectivity index (χ0v) is 20.7. The zero-order valence-electron chi connectivity index (χ0n) is 19.9. The van der Waals surface area contributed by atoms with E-state index in [0.29, 0.717) is 19.4 Å². The predicted molar refractivity (Wildman–Crippen MR) is 127 cm³/mol. The van der Waals surface area contributed by atoms with Crippen molar-refractivity contribution in [1.82, 2.24) is 13.8 Å². The van der Waals surface area contributed by atoms with Crippen molar-refractivity contribution in [3.05, 3.63) is 52.8 Å². The van der Waals surface area contributed by atoms with Gasteiger partial charge in [0.25, 0.3) is 5.91 Å². The lowest BCUT2D eigenvalue weighted by molar-refractivity contribution is 0.0517. The summed E-state index contributed by atoms with van der Waals surface area (Å²) in [6.07, 6.45) is 1.19. The molecule has 0 radical (unpaired) electrons. The van der Waals surface area contributed by atoms with Crippen molar-refractivity contribution >= 4 is 27.7 Å². The number of carbonyl (C=O) groups excluding carboxylic acids is 3. The second kappa shape index (κ2) is 10.2. The van der Waals surface area contributed by atoms with Crippen LogP contribution in [0.15, 0.2) is 30.3 Å². The van der Waals surface area contributed by atoms with E-state index in [-0.39, 0.29) is 54.8 Å². The van der Waals surface area contributed by atoms with Gasteiger partial charge in [-0.1, -0.05) is 30.3 Å². The molecule has 1 saturated heterocycles. The van der Waals surface area contributed by atoms with E-state index in [0.717, 1.165) is 9.87 Å². The second-order valence-corrected chi connectivity index (χ2v) is 10.6. The number of benzene rings is 1. The van der Waals surface area contributed by atoms with Crippen molar-refractivity contribution in [3.8, 4) is 5.75 Å². The van der Waals surface area contributed by atoms with Crippen LogP contribution in [0.3, 0.4) is 0 Å². The summed E-state index contributed by atoms with van der Waals surface area (Å²) >= 11 is 0. The zero-order chi connectivity index (χ0) is 25.2. The van der Waals surface area contributed by atoms with Crippen molar-refractivity contribution in [2.24, 2.45) is 0 Å². The smallest absolute Gasteiger partial charge is 0.344 e. The number of nitrogens with zero attached hydrogens (tertiary/aromatic N) is 3. The number of ether oxygens (including phenoxy) is 2. The molecule has 4 rings (SSSR count). The van der Waals surface area contributed by atoms with Gasteiger partial charge in [-0.05, 0) is 25.3 Å².